The van der Waals surface area contributed by atoms with Gasteiger partial charge in [0, 0.05) is 13.1 Å². The number of hydrogen-bond donors (Lipinski definition) is 0. The fraction of sp³-hybridized carbons (Fsp3) is 0.923. The minimum absolute atomic E-state index is 0.0745. The van der Waals surface area contributed by atoms with E-state index < -0.39 is 0 Å². The lowest BCUT2D eigenvalue weighted by molar-refractivity contribution is -0.148. The number of rotatable bonds is 8. The summed E-state index contributed by atoms with van der Waals surface area (Å²) >= 11 is 0. The van der Waals surface area contributed by atoms with Crippen LogP contribution in [0, 0.1) is 5.92 Å². The lowest BCUT2D eigenvalue weighted by atomic mass is 10.1. The van der Waals surface area contributed by atoms with Crippen molar-refractivity contribution in [1.82, 2.24) is 4.90 Å². The average molecular weight is 243 g/mol. The first-order chi connectivity index (χ1) is 8.22. The molecule has 1 aliphatic rings. The quantitative estimate of drug-likeness (QED) is 0.480. The molecule has 1 fully saturated rings. The highest BCUT2D eigenvalue weighted by atomic mass is 16.6. The van der Waals surface area contributed by atoms with E-state index in [-0.39, 0.29) is 12.6 Å². The van der Waals surface area contributed by atoms with Crippen molar-refractivity contribution in [2.75, 3.05) is 40.0 Å². The maximum atomic E-state index is 11.0. The third-order valence-corrected chi connectivity index (χ3v) is 3.19. The number of likely N-dealkylation sites (N-methyl/N-ethyl adjacent to an activating group) is 1. The van der Waals surface area contributed by atoms with Gasteiger partial charge in [0.25, 0.3) is 0 Å². The van der Waals surface area contributed by atoms with Gasteiger partial charge in [0.05, 0.1) is 13.2 Å². The van der Waals surface area contributed by atoms with E-state index in [2.05, 4.69) is 11.9 Å². The van der Waals surface area contributed by atoms with E-state index in [1.54, 1.807) is 6.92 Å². The van der Waals surface area contributed by atoms with Gasteiger partial charge >= 0.3 is 5.97 Å². The monoisotopic (exact) mass is 243 g/mol. The van der Waals surface area contributed by atoms with Gasteiger partial charge in [0.15, 0.2) is 0 Å². The second-order valence-electron chi connectivity index (χ2n) is 4.77. The van der Waals surface area contributed by atoms with Crippen LogP contribution in [0.2, 0.25) is 0 Å². The second-order valence-corrected chi connectivity index (χ2v) is 4.77. The molecule has 1 saturated carbocycles. The molecule has 0 aromatic carbocycles. The second kappa shape index (κ2) is 8.48. The minimum atomic E-state index is -0.272. The van der Waals surface area contributed by atoms with E-state index in [0.717, 1.165) is 19.0 Å². The maximum Gasteiger partial charge on any atom is 0.332 e. The molecule has 0 aromatic heterocycles. The Hall–Kier alpha value is -0.610. The van der Waals surface area contributed by atoms with Crippen molar-refractivity contribution in [3.05, 3.63) is 0 Å². The summed E-state index contributed by atoms with van der Waals surface area (Å²) in [7, 11) is 2.12. The zero-order valence-electron chi connectivity index (χ0n) is 11.1. The lowest BCUT2D eigenvalue weighted by Gasteiger charge is -2.20. The Morgan fingerprint density at radius 1 is 1.35 bits per heavy atom. The molecule has 4 nitrogen and oxygen atoms in total. The van der Waals surface area contributed by atoms with Crippen LogP contribution >= 0.6 is 0 Å². The summed E-state index contributed by atoms with van der Waals surface area (Å²) in [6.07, 6.45) is 5.51. The van der Waals surface area contributed by atoms with Gasteiger partial charge in [0.1, 0.15) is 6.61 Å². The zero-order chi connectivity index (χ0) is 12.5. The topological polar surface area (TPSA) is 38.8 Å². The third kappa shape index (κ3) is 6.64. The number of hydrogen-bond acceptors (Lipinski definition) is 4. The van der Waals surface area contributed by atoms with E-state index >= 15 is 0 Å². The summed E-state index contributed by atoms with van der Waals surface area (Å²) in [6.45, 7) is 4.93. The van der Waals surface area contributed by atoms with Crippen LogP contribution in [0.15, 0.2) is 0 Å². The fourth-order valence-corrected chi connectivity index (χ4v) is 2.30. The zero-order valence-corrected chi connectivity index (χ0v) is 11.1. The van der Waals surface area contributed by atoms with Crippen LogP contribution in [0.1, 0.15) is 32.6 Å². The summed E-state index contributed by atoms with van der Waals surface area (Å²) in [4.78, 5) is 13.3. The van der Waals surface area contributed by atoms with Gasteiger partial charge in [0.2, 0.25) is 0 Å². The molecular weight excluding hydrogens is 218 g/mol. The van der Waals surface area contributed by atoms with Crippen molar-refractivity contribution < 1.29 is 14.3 Å². The Morgan fingerprint density at radius 3 is 2.71 bits per heavy atom. The number of carbonyl (C=O) groups is 1. The van der Waals surface area contributed by atoms with Crippen molar-refractivity contribution in [3.63, 3.8) is 0 Å². The van der Waals surface area contributed by atoms with Crippen molar-refractivity contribution in [2.45, 2.75) is 32.6 Å². The highest BCUT2D eigenvalue weighted by Gasteiger charge is 2.16. The van der Waals surface area contributed by atoms with Crippen LogP contribution in [0.5, 0.6) is 0 Å². The van der Waals surface area contributed by atoms with Gasteiger partial charge in [-0.15, -0.1) is 0 Å². The van der Waals surface area contributed by atoms with Crippen molar-refractivity contribution in [1.29, 1.82) is 0 Å². The molecule has 0 spiro atoms. The average Bonchev–Trinajstić information content (AvgIpc) is 2.77. The first-order valence-corrected chi connectivity index (χ1v) is 6.64. The molecule has 1 rings (SSSR count). The molecule has 0 unspecified atom stereocenters. The van der Waals surface area contributed by atoms with Gasteiger partial charge < -0.3 is 14.4 Å². The number of carbonyl (C=O) groups excluding carboxylic acids is 1. The Labute approximate surface area is 104 Å². The van der Waals surface area contributed by atoms with E-state index in [9.17, 15) is 4.79 Å². The van der Waals surface area contributed by atoms with Crippen LogP contribution < -0.4 is 0 Å². The first kappa shape index (κ1) is 14.5. The van der Waals surface area contributed by atoms with Crippen LogP contribution in [0.4, 0.5) is 0 Å². The Kier molecular flexibility index (Phi) is 7.21. The number of nitrogens with zero attached hydrogens (tertiary/aromatic N) is 1. The molecule has 4 heteroatoms. The normalized spacial score (nSPS) is 16.6. The van der Waals surface area contributed by atoms with E-state index in [1.165, 1.54) is 25.7 Å². The van der Waals surface area contributed by atoms with Crippen LogP contribution in [0.3, 0.4) is 0 Å². The molecule has 100 valence electrons. The Balaban J connectivity index is 1.96. The van der Waals surface area contributed by atoms with Gasteiger partial charge in [-0.3, -0.25) is 0 Å². The molecule has 0 aliphatic heterocycles. The predicted molar refractivity (Wildman–Crippen MR) is 66.9 cm³/mol. The van der Waals surface area contributed by atoms with E-state index in [4.69, 9.17) is 9.47 Å². The van der Waals surface area contributed by atoms with Gasteiger partial charge in [-0.25, -0.2) is 4.79 Å². The molecule has 0 N–H and O–H groups in total. The van der Waals surface area contributed by atoms with Crippen LogP contribution in [-0.2, 0) is 14.3 Å². The highest BCUT2D eigenvalue weighted by Crippen LogP contribution is 2.24. The molecule has 17 heavy (non-hydrogen) atoms. The molecule has 0 aromatic rings. The largest absolute Gasteiger partial charge is 0.464 e. The summed E-state index contributed by atoms with van der Waals surface area (Å²) in [6, 6.07) is 0. The standard InChI is InChI=1S/C13H25NO3/c1-3-17-13(15)11-16-9-8-14(2)10-12-6-4-5-7-12/h12H,3-11H2,1-2H3. The van der Waals surface area contributed by atoms with Crippen molar-refractivity contribution in [2.24, 2.45) is 5.92 Å². The smallest absolute Gasteiger partial charge is 0.332 e. The van der Waals surface area contributed by atoms with Crippen LogP contribution in [0.25, 0.3) is 0 Å². The van der Waals surface area contributed by atoms with Gasteiger partial charge in [-0.05, 0) is 32.7 Å². The van der Waals surface area contributed by atoms with E-state index in [0.29, 0.717) is 13.2 Å². The van der Waals surface area contributed by atoms with Gasteiger partial charge in [-0.2, -0.15) is 0 Å². The SMILES string of the molecule is CCOC(=O)COCCN(C)CC1CCCC1. The van der Waals surface area contributed by atoms with Gasteiger partial charge in [-0.1, -0.05) is 12.8 Å². The number of ether oxygens (including phenoxy) is 2. The molecule has 1 aliphatic carbocycles. The Morgan fingerprint density at radius 2 is 2.06 bits per heavy atom. The molecule has 0 atom stereocenters. The molecule has 0 saturated heterocycles. The first-order valence-electron chi connectivity index (χ1n) is 6.64. The summed E-state index contributed by atoms with van der Waals surface area (Å²) in [5.74, 6) is 0.594. The lowest BCUT2D eigenvalue weighted by Crippen LogP contribution is -2.28. The summed E-state index contributed by atoms with van der Waals surface area (Å²) < 4.78 is 10.0. The Bertz CT molecular complexity index is 215. The van der Waals surface area contributed by atoms with Crippen molar-refractivity contribution in [3.8, 4) is 0 Å². The van der Waals surface area contributed by atoms with Crippen LogP contribution in [-0.4, -0.2) is 50.8 Å². The molecular formula is C13H25NO3. The van der Waals surface area contributed by atoms with Crippen molar-refractivity contribution >= 4 is 5.97 Å². The molecule has 0 heterocycles. The maximum absolute atomic E-state index is 11.0. The predicted octanol–water partition coefficient (Wildman–Crippen LogP) is 1.69. The fourth-order valence-electron chi connectivity index (χ4n) is 2.30. The molecule has 0 bridgehead atoms. The third-order valence-electron chi connectivity index (χ3n) is 3.19. The van der Waals surface area contributed by atoms with E-state index in [1.807, 2.05) is 0 Å². The highest BCUT2D eigenvalue weighted by molar-refractivity contribution is 5.70. The molecule has 0 radical (unpaired) electrons. The summed E-state index contributed by atoms with van der Waals surface area (Å²) in [5, 5.41) is 0. The summed E-state index contributed by atoms with van der Waals surface area (Å²) in [5.41, 5.74) is 0. The molecule has 0 amide bonds. The minimum Gasteiger partial charge on any atom is -0.464 e. The number of esters is 1.